The first-order valence-electron chi connectivity index (χ1n) is 9.31. The molecule has 2 unspecified atom stereocenters. The maximum Gasteiger partial charge on any atom is 0.418 e. The Morgan fingerprint density at radius 2 is 1.90 bits per heavy atom. The summed E-state index contributed by atoms with van der Waals surface area (Å²) in [5.74, 6) is -1.56. The van der Waals surface area contributed by atoms with Crippen molar-refractivity contribution in [3.63, 3.8) is 0 Å². The van der Waals surface area contributed by atoms with Gasteiger partial charge in [0.05, 0.1) is 5.69 Å². The lowest BCUT2D eigenvalue weighted by atomic mass is 9.94. The molecule has 1 aromatic heterocycles. The highest BCUT2D eigenvalue weighted by atomic mass is 79.9. The molecule has 11 heteroatoms. The molecule has 2 saturated heterocycles. The molecule has 2 atom stereocenters. The van der Waals surface area contributed by atoms with Crippen molar-refractivity contribution in [3.8, 4) is 0 Å². The summed E-state index contributed by atoms with van der Waals surface area (Å²) in [4.78, 5) is 43.5. The van der Waals surface area contributed by atoms with Crippen molar-refractivity contribution in [1.29, 1.82) is 0 Å². The number of carbonyl (C=O) groups is 3. The fourth-order valence-corrected chi connectivity index (χ4v) is 4.11. The molecule has 3 rings (SSSR count). The van der Waals surface area contributed by atoms with E-state index in [1.165, 1.54) is 18.3 Å². The summed E-state index contributed by atoms with van der Waals surface area (Å²) in [5.41, 5.74) is -2.94. The highest BCUT2D eigenvalue weighted by Gasteiger charge is 2.63. The Morgan fingerprint density at radius 3 is 2.43 bits per heavy atom. The molecule has 0 N–H and O–H groups in total. The smallest absolute Gasteiger partial charge is 0.418 e. The summed E-state index contributed by atoms with van der Waals surface area (Å²) in [7, 11) is 0. The number of likely N-dealkylation sites (tertiary alicyclic amines) is 2. The number of pyridine rings is 1. The largest absolute Gasteiger partial charge is 0.443 e. The standard InChI is InChI=1S/C19H21BrF3N3O4/c1-17(2,3)30-16(29)26-13(27)6-7-18(26)8-9-25(15(18)28)14(19(21,22)23)12-5-4-11(20)10-24-12/h4-5,10,14H,6-9H2,1-3H3. The maximum atomic E-state index is 13.9. The number of amides is 3. The zero-order valence-electron chi connectivity index (χ0n) is 16.6. The molecule has 1 spiro atoms. The van der Waals surface area contributed by atoms with Gasteiger partial charge >= 0.3 is 12.3 Å². The van der Waals surface area contributed by atoms with E-state index in [4.69, 9.17) is 4.74 Å². The van der Waals surface area contributed by atoms with E-state index in [1.54, 1.807) is 20.8 Å². The van der Waals surface area contributed by atoms with Gasteiger partial charge in [-0.25, -0.2) is 9.69 Å². The van der Waals surface area contributed by atoms with Gasteiger partial charge < -0.3 is 9.64 Å². The Labute approximate surface area is 179 Å². The third-order valence-electron chi connectivity index (χ3n) is 5.08. The van der Waals surface area contributed by atoms with Gasteiger partial charge in [0, 0.05) is 23.6 Å². The van der Waals surface area contributed by atoms with Gasteiger partial charge in [0.15, 0.2) is 6.04 Å². The van der Waals surface area contributed by atoms with Crippen LogP contribution >= 0.6 is 15.9 Å². The van der Waals surface area contributed by atoms with Gasteiger partial charge in [0.2, 0.25) is 11.8 Å². The van der Waals surface area contributed by atoms with Crippen LogP contribution in [0.1, 0.15) is 51.8 Å². The Hall–Kier alpha value is -2.17. The summed E-state index contributed by atoms with van der Waals surface area (Å²) >= 11 is 3.12. The lowest BCUT2D eigenvalue weighted by Crippen LogP contribution is -2.56. The Morgan fingerprint density at radius 1 is 1.23 bits per heavy atom. The molecule has 3 amide bonds. The second kappa shape index (κ2) is 7.51. The van der Waals surface area contributed by atoms with Crippen LogP contribution in [0, 0.1) is 0 Å². The molecule has 0 aromatic carbocycles. The number of hydrogen-bond donors (Lipinski definition) is 0. The van der Waals surface area contributed by atoms with Crippen LogP contribution in [0.4, 0.5) is 18.0 Å². The molecule has 30 heavy (non-hydrogen) atoms. The number of halogens is 4. The molecule has 7 nitrogen and oxygen atoms in total. The number of imide groups is 1. The van der Waals surface area contributed by atoms with E-state index in [1.807, 2.05) is 0 Å². The number of nitrogens with zero attached hydrogens (tertiary/aromatic N) is 3. The first-order valence-corrected chi connectivity index (χ1v) is 10.1. The first-order chi connectivity index (χ1) is 13.8. The van der Waals surface area contributed by atoms with Crippen LogP contribution in [-0.2, 0) is 14.3 Å². The van der Waals surface area contributed by atoms with E-state index in [0.29, 0.717) is 14.3 Å². The van der Waals surface area contributed by atoms with Gasteiger partial charge in [0.1, 0.15) is 11.1 Å². The van der Waals surface area contributed by atoms with Crippen LogP contribution in [-0.4, -0.2) is 56.6 Å². The molecule has 2 aliphatic heterocycles. The Bertz CT molecular complexity index is 869. The highest BCUT2D eigenvalue weighted by Crippen LogP contribution is 2.46. The van der Waals surface area contributed by atoms with Crippen LogP contribution in [0.15, 0.2) is 22.8 Å². The normalized spacial score (nSPS) is 23.4. The monoisotopic (exact) mass is 491 g/mol. The number of rotatable bonds is 2. The summed E-state index contributed by atoms with van der Waals surface area (Å²) in [6.07, 6.45) is -4.85. The third kappa shape index (κ3) is 4.03. The van der Waals surface area contributed by atoms with Crippen molar-refractivity contribution in [1.82, 2.24) is 14.8 Å². The molecule has 164 valence electrons. The number of hydrogen-bond acceptors (Lipinski definition) is 5. The SMILES string of the molecule is CC(C)(C)OC(=O)N1C(=O)CCC12CCN(C(c1ccc(Br)cn1)C(F)(F)F)C2=O. The van der Waals surface area contributed by atoms with Crippen molar-refractivity contribution in [2.45, 2.75) is 63.4 Å². The quantitative estimate of drug-likeness (QED) is 0.625. The average Bonchev–Trinajstić information content (AvgIpc) is 3.09. The van der Waals surface area contributed by atoms with Gasteiger partial charge in [-0.2, -0.15) is 13.2 Å². The van der Waals surface area contributed by atoms with E-state index in [9.17, 15) is 27.6 Å². The second-order valence-electron chi connectivity index (χ2n) is 8.34. The average molecular weight is 492 g/mol. The second-order valence-corrected chi connectivity index (χ2v) is 9.25. The molecular weight excluding hydrogens is 471 g/mol. The van der Waals surface area contributed by atoms with E-state index in [0.717, 1.165) is 0 Å². The van der Waals surface area contributed by atoms with Gasteiger partial charge in [0.25, 0.3) is 0 Å². The van der Waals surface area contributed by atoms with Crippen molar-refractivity contribution in [2.75, 3.05) is 6.54 Å². The summed E-state index contributed by atoms with van der Waals surface area (Å²) < 4.78 is 47.6. The summed E-state index contributed by atoms with van der Waals surface area (Å²) in [5, 5.41) is 0. The van der Waals surface area contributed by atoms with Crippen LogP contribution in [0.25, 0.3) is 0 Å². The first kappa shape index (κ1) is 22.5. The number of alkyl halides is 3. The lowest BCUT2D eigenvalue weighted by molar-refractivity contribution is -0.191. The van der Waals surface area contributed by atoms with Crippen molar-refractivity contribution >= 4 is 33.8 Å². The highest BCUT2D eigenvalue weighted by molar-refractivity contribution is 9.10. The van der Waals surface area contributed by atoms with Crippen molar-refractivity contribution < 1.29 is 32.3 Å². The van der Waals surface area contributed by atoms with Crippen molar-refractivity contribution in [3.05, 3.63) is 28.5 Å². The van der Waals surface area contributed by atoms with Crippen LogP contribution in [0.3, 0.4) is 0 Å². The minimum atomic E-state index is -4.79. The van der Waals surface area contributed by atoms with Crippen molar-refractivity contribution in [2.24, 2.45) is 0 Å². The topological polar surface area (TPSA) is 79.8 Å². The van der Waals surface area contributed by atoms with Gasteiger partial charge in [-0.15, -0.1) is 0 Å². The van der Waals surface area contributed by atoms with Crippen LogP contribution < -0.4 is 0 Å². The van der Waals surface area contributed by atoms with Crippen LogP contribution in [0.5, 0.6) is 0 Å². The Kier molecular flexibility index (Phi) is 5.63. The number of ether oxygens (including phenoxy) is 1. The molecule has 0 saturated carbocycles. The fraction of sp³-hybridized carbons (Fsp3) is 0.579. The van der Waals surface area contributed by atoms with E-state index in [2.05, 4.69) is 20.9 Å². The molecule has 3 heterocycles. The number of carbonyl (C=O) groups excluding carboxylic acids is 3. The molecule has 0 radical (unpaired) electrons. The zero-order valence-corrected chi connectivity index (χ0v) is 18.2. The fourth-order valence-electron chi connectivity index (χ4n) is 3.88. The van der Waals surface area contributed by atoms with E-state index in [-0.39, 0.29) is 31.5 Å². The molecular formula is C19H21BrF3N3O4. The van der Waals surface area contributed by atoms with Gasteiger partial charge in [-0.3, -0.25) is 14.6 Å². The predicted octanol–water partition coefficient (Wildman–Crippen LogP) is 3.98. The minimum Gasteiger partial charge on any atom is -0.443 e. The molecule has 2 fully saturated rings. The molecule has 1 aromatic rings. The molecule has 2 aliphatic rings. The van der Waals surface area contributed by atoms with E-state index < -0.39 is 41.3 Å². The van der Waals surface area contributed by atoms with Gasteiger partial charge in [-0.1, -0.05) is 0 Å². The Balaban J connectivity index is 1.97. The zero-order chi connectivity index (χ0) is 22.5. The summed E-state index contributed by atoms with van der Waals surface area (Å²) in [6, 6.07) is 0.309. The lowest BCUT2D eigenvalue weighted by Gasteiger charge is -2.35. The molecule has 0 bridgehead atoms. The predicted molar refractivity (Wildman–Crippen MR) is 102 cm³/mol. The summed E-state index contributed by atoms with van der Waals surface area (Å²) in [6.45, 7) is 4.52. The maximum absolute atomic E-state index is 13.9. The minimum absolute atomic E-state index is 0.0429. The number of aromatic nitrogens is 1. The third-order valence-corrected chi connectivity index (χ3v) is 5.55. The van der Waals surface area contributed by atoms with E-state index >= 15 is 0 Å². The molecule has 0 aliphatic carbocycles. The van der Waals surface area contributed by atoms with Crippen LogP contribution in [0.2, 0.25) is 0 Å². The van der Waals surface area contributed by atoms with Gasteiger partial charge in [-0.05, 0) is 61.7 Å².